The van der Waals surface area contributed by atoms with Crippen LogP contribution in [0.3, 0.4) is 0 Å². The van der Waals surface area contributed by atoms with Crippen LogP contribution in [0.4, 0.5) is 0 Å². The molecule has 1 heterocycles. The summed E-state index contributed by atoms with van der Waals surface area (Å²) in [7, 11) is 5.81. The lowest BCUT2D eigenvalue weighted by molar-refractivity contribution is 0.0549. The molecule has 1 aromatic rings. The number of rotatable bonds is 11. The molecule has 6 nitrogen and oxygen atoms in total. The van der Waals surface area contributed by atoms with Crippen molar-refractivity contribution in [2.75, 3.05) is 54.1 Å². The molecule has 0 saturated carbocycles. The number of benzene rings is 1. The Hall–Kier alpha value is -1.34. The van der Waals surface area contributed by atoms with Crippen LogP contribution in [-0.2, 0) is 11.3 Å². The Labute approximate surface area is 170 Å². The molecule has 1 aromatic carbocycles. The maximum absolute atomic E-state index is 10.2. The summed E-state index contributed by atoms with van der Waals surface area (Å²) >= 11 is 0. The smallest absolute Gasteiger partial charge is 0.161 e. The first-order valence-electron chi connectivity index (χ1n) is 10.3. The van der Waals surface area contributed by atoms with Crippen LogP contribution in [0.15, 0.2) is 18.2 Å². The van der Waals surface area contributed by atoms with Gasteiger partial charge in [0, 0.05) is 38.9 Å². The largest absolute Gasteiger partial charge is 0.493 e. The van der Waals surface area contributed by atoms with Crippen LogP contribution in [0.25, 0.3) is 0 Å². The highest BCUT2D eigenvalue weighted by Gasteiger charge is 2.17. The SMILES string of the molecule is COc1cc(CN(C)CC2CCOCC2)ccc1OC[C@@H](O)CN(C)C(C)C. The van der Waals surface area contributed by atoms with Crippen molar-refractivity contribution in [2.45, 2.75) is 45.4 Å². The van der Waals surface area contributed by atoms with E-state index < -0.39 is 6.10 Å². The van der Waals surface area contributed by atoms with Crippen LogP contribution in [0.1, 0.15) is 32.3 Å². The van der Waals surface area contributed by atoms with E-state index in [9.17, 15) is 5.11 Å². The molecule has 1 fully saturated rings. The van der Waals surface area contributed by atoms with E-state index in [4.69, 9.17) is 14.2 Å². The molecule has 1 saturated heterocycles. The summed E-state index contributed by atoms with van der Waals surface area (Å²) < 4.78 is 16.8. The van der Waals surface area contributed by atoms with Gasteiger partial charge in [-0.3, -0.25) is 0 Å². The third-order valence-electron chi connectivity index (χ3n) is 5.40. The molecule has 0 bridgehead atoms. The number of nitrogens with zero attached hydrogens (tertiary/aromatic N) is 2. The molecule has 1 N–H and O–H groups in total. The molecule has 2 rings (SSSR count). The highest BCUT2D eigenvalue weighted by molar-refractivity contribution is 5.43. The summed E-state index contributed by atoms with van der Waals surface area (Å²) in [5, 5.41) is 10.2. The fraction of sp³-hybridized carbons (Fsp3) is 0.727. The zero-order chi connectivity index (χ0) is 20.5. The second-order valence-electron chi connectivity index (χ2n) is 8.24. The topological polar surface area (TPSA) is 54.4 Å². The summed E-state index contributed by atoms with van der Waals surface area (Å²) in [5.41, 5.74) is 1.19. The Morgan fingerprint density at radius 1 is 1.18 bits per heavy atom. The van der Waals surface area contributed by atoms with E-state index in [0.717, 1.165) is 39.1 Å². The van der Waals surface area contributed by atoms with E-state index in [-0.39, 0.29) is 6.61 Å². The van der Waals surface area contributed by atoms with E-state index in [2.05, 4.69) is 36.8 Å². The van der Waals surface area contributed by atoms with Gasteiger partial charge < -0.3 is 29.1 Å². The highest BCUT2D eigenvalue weighted by Crippen LogP contribution is 2.29. The molecule has 1 aliphatic heterocycles. The van der Waals surface area contributed by atoms with Gasteiger partial charge in [0.05, 0.1) is 7.11 Å². The lowest BCUT2D eigenvalue weighted by Crippen LogP contribution is -2.36. The zero-order valence-electron chi connectivity index (χ0n) is 18.2. The number of hydrogen-bond donors (Lipinski definition) is 1. The van der Waals surface area contributed by atoms with E-state index in [1.165, 1.54) is 5.56 Å². The molecule has 6 heteroatoms. The van der Waals surface area contributed by atoms with Gasteiger partial charge in [0.1, 0.15) is 12.7 Å². The molecule has 160 valence electrons. The van der Waals surface area contributed by atoms with Gasteiger partial charge in [0.25, 0.3) is 0 Å². The second-order valence-corrected chi connectivity index (χ2v) is 8.24. The minimum Gasteiger partial charge on any atom is -0.493 e. The average molecular weight is 395 g/mol. The predicted octanol–water partition coefficient (Wildman–Crippen LogP) is 2.63. The quantitative estimate of drug-likeness (QED) is 0.623. The van der Waals surface area contributed by atoms with Crippen molar-refractivity contribution in [1.82, 2.24) is 9.80 Å². The molecule has 0 amide bonds. The Bertz CT molecular complexity index is 576. The maximum Gasteiger partial charge on any atom is 0.161 e. The minimum atomic E-state index is -0.539. The zero-order valence-corrected chi connectivity index (χ0v) is 18.2. The Kier molecular flexibility index (Phi) is 9.51. The van der Waals surface area contributed by atoms with Crippen molar-refractivity contribution in [2.24, 2.45) is 5.92 Å². The first-order valence-corrected chi connectivity index (χ1v) is 10.3. The van der Waals surface area contributed by atoms with Gasteiger partial charge in [0.15, 0.2) is 11.5 Å². The van der Waals surface area contributed by atoms with Gasteiger partial charge in [-0.1, -0.05) is 6.07 Å². The van der Waals surface area contributed by atoms with Crippen molar-refractivity contribution in [3.8, 4) is 11.5 Å². The number of hydrogen-bond acceptors (Lipinski definition) is 6. The molecular weight excluding hydrogens is 356 g/mol. The molecular formula is C22H38N2O4. The fourth-order valence-electron chi connectivity index (χ4n) is 3.46. The lowest BCUT2D eigenvalue weighted by atomic mass is 10.00. The first-order chi connectivity index (χ1) is 13.4. The molecule has 0 radical (unpaired) electrons. The van der Waals surface area contributed by atoms with Gasteiger partial charge in [-0.05, 0) is 64.4 Å². The number of aliphatic hydroxyl groups excluding tert-OH is 1. The van der Waals surface area contributed by atoms with Gasteiger partial charge in [-0.25, -0.2) is 0 Å². The standard InChI is InChI=1S/C22H38N2O4/c1-17(2)24(4)15-20(25)16-28-21-7-6-19(12-22(21)26-5)14-23(3)13-18-8-10-27-11-9-18/h6-7,12,17-18,20,25H,8-11,13-16H2,1-5H3/t20-/m0/s1. The second kappa shape index (κ2) is 11.6. The number of methoxy groups -OCH3 is 1. The highest BCUT2D eigenvalue weighted by atomic mass is 16.5. The molecule has 1 atom stereocenters. The lowest BCUT2D eigenvalue weighted by Gasteiger charge is -2.27. The Morgan fingerprint density at radius 3 is 2.54 bits per heavy atom. The van der Waals surface area contributed by atoms with Crippen LogP contribution < -0.4 is 9.47 Å². The normalized spacial score (nSPS) is 16.8. The molecule has 0 aromatic heterocycles. The van der Waals surface area contributed by atoms with Gasteiger partial charge in [-0.15, -0.1) is 0 Å². The number of ether oxygens (including phenoxy) is 3. The molecule has 0 spiro atoms. The van der Waals surface area contributed by atoms with Crippen molar-refractivity contribution in [1.29, 1.82) is 0 Å². The average Bonchev–Trinajstić information content (AvgIpc) is 2.67. The van der Waals surface area contributed by atoms with Crippen LogP contribution in [0.5, 0.6) is 11.5 Å². The molecule has 0 aliphatic carbocycles. The van der Waals surface area contributed by atoms with Crippen LogP contribution >= 0.6 is 0 Å². The maximum atomic E-state index is 10.2. The summed E-state index contributed by atoms with van der Waals surface area (Å²) in [4.78, 5) is 4.46. The van der Waals surface area contributed by atoms with Crippen LogP contribution in [0.2, 0.25) is 0 Å². The molecule has 28 heavy (non-hydrogen) atoms. The third kappa shape index (κ3) is 7.59. The van der Waals surface area contributed by atoms with Gasteiger partial charge >= 0.3 is 0 Å². The predicted molar refractivity (Wildman–Crippen MR) is 112 cm³/mol. The van der Waals surface area contributed by atoms with Crippen LogP contribution in [-0.4, -0.2) is 81.2 Å². The van der Waals surface area contributed by atoms with Crippen molar-refractivity contribution in [3.05, 3.63) is 23.8 Å². The minimum absolute atomic E-state index is 0.246. The van der Waals surface area contributed by atoms with Gasteiger partial charge in [0.2, 0.25) is 0 Å². The Balaban J connectivity index is 1.86. The molecule has 1 aliphatic rings. The van der Waals surface area contributed by atoms with E-state index in [1.54, 1.807) is 7.11 Å². The van der Waals surface area contributed by atoms with Crippen molar-refractivity contribution >= 4 is 0 Å². The van der Waals surface area contributed by atoms with Crippen LogP contribution in [0, 0.1) is 5.92 Å². The van der Waals surface area contributed by atoms with E-state index in [0.29, 0.717) is 30.0 Å². The first kappa shape index (κ1) is 22.9. The van der Waals surface area contributed by atoms with Gasteiger partial charge in [-0.2, -0.15) is 0 Å². The summed E-state index contributed by atoms with van der Waals surface area (Å²) in [5.74, 6) is 2.10. The summed E-state index contributed by atoms with van der Waals surface area (Å²) in [6.45, 7) is 8.76. The Morgan fingerprint density at radius 2 is 1.89 bits per heavy atom. The fourth-order valence-corrected chi connectivity index (χ4v) is 3.46. The number of likely N-dealkylation sites (N-methyl/N-ethyl adjacent to an activating group) is 1. The van der Waals surface area contributed by atoms with Crippen molar-refractivity contribution in [3.63, 3.8) is 0 Å². The van der Waals surface area contributed by atoms with E-state index >= 15 is 0 Å². The monoisotopic (exact) mass is 394 g/mol. The third-order valence-corrected chi connectivity index (χ3v) is 5.40. The number of aliphatic hydroxyl groups is 1. The van der Waals surface area contributed by atoms with E-state index in [1.807, 2.05) is 19.2 Å². The summed E-state index contributed by atoms with van der Waals surface area (Å²) in [6, 6.07) is 6.43. The van der Waals surface area contributed by atoms with Crippen molar-refractivity contribution < 1.29 is 19.3 Å². The summed E-state index contributed by atoms with van der Waals surface area (Å²) in [6.07, 6.45) is 1.76. The molecule has 0 unspecified atom stereocenters.